The Balaban J connectivity index is 2.74. The molecule has 0 aliphatic carbocycles. The van der Waals surface area contributed by atoms with Crippen LogP contribution in [0.1, 0.15) is 5.56 Å². The smallest absolute Gasteiger partial charge is 0.0942 e. The van der Waals surface area contributed by atoms with Crippen LogP contribution >= 0.6 is 31.9 Å². The van der Waals surface area contributed by atoms with E-state index in [0.29, 0.717) is 6.54 Å². The third kappa shape index (κ3) is 3.45. The molecule has 0 saturated carbocycles. The van der Waals surface area contributed by atoms with Gasteiger partial charge in [-0.3, -0.25) is 0 Å². The van der Waals surface area contributed by atoms with E-state index in [0.717, 1.165) is 20.2 Å². The average molecular weight is 339 g/mol. The van der Waals surface area contributed by atoms with Crippen LogP contribution in [0.25, 0.3) is 0 Å². The summed E-state index contributed by atoms with van der Waals surface area (Å²) in [6, 6.07) is 3.85. The molecule has 3 N–H and O–H groups in total. The van der Waals surface area contributed by atoms with Gasteiger partial charge in [-0.25, -0.2) is 0 Å². The number of nitrogens with one attached hydrogen (secondary N) is 1. The summed E-state index contributed by atoms with van der Waals surface area (Å²) in [5.74, 6) is 0. The predicted octanol–water partition coefficient (Wildman–Crippen LogP) is 2.29. The number of hydrogen-bond donors (Lipinski definition) is 3. The van der Waals surface area contributed by atoms with Gasteiger partial charge in [-0.1, -0.05) is 15.9 Å². The van der Waals surface area contributed by atoms with Gasteiger partial charge in [-0.2, -0.15) is 0 Å². The molecular formula is C10H13Br2NO2. The van der Waals surface area contributed by atoms with Crippen molar-refractivity contribution in [3.8, 4) is 0 Å². The molecule has 3 nitrogen and oxygen atoms in total. The van der Waals surface area contributed by atoms with Gasteiger partial charge in [0.1, 0.15) is 0 Å². The largest absolute Gasteiger partial charge is 0.394 e. The lowest BCUT2D eigenvalue weighted by atomic mass is 10.2. The Bertz CT molecular complexity index is 344. The van der Waals surface area contributed by atoms with E-state index in [4.69, 9.17) is 5.11 Å². The van der Waals surface area contributed by atoms with Gasteiger partial charge in [0.15, 0.2) is 0 Å². The summed E-state index contributed by atoms with van der Waals surface area (Å²) in [7, 11) is 0. The predicted molar refractivity (Wildman–Crippen MR) is 68.2 cm³/mol. The molecule has 1 atom stereocenters. The highest BCUT2D eigenvalue weighted by atomic mass is 79.9. The summed E-state index contributed by atoms with van der Waals surface area (Å²) in [4.78, 5) is 0. The van der Waals surface area contributed by atoms with Gasteiger partial charge >= 0.3 is 0 Å². The van der Waals surface area contributed by atoms with E-state index < -0.39 is 6.10 Å². The van der Waals surface area contributed by atoms with Crippen molar-refractivity contribution in [1.29, 1.82) is 0 Å². The fourth-order valence-electron chi connectivity index (χ4n) is 1.09. The Kier molecular flexibility index (Phi) is 5.05. The second kappa shape index (κ2) is 5.84. The van der Waals surface area contributed by atoms with Crippen LogP contribution in [-0.4, -0.2) is 29.5 Å². The number of halogens is 2. The number of benzene rings is 1. The number of aliphatic hydroxyl groups is 2. The monoisotopic (exact) mass is 337 g/mol. The molecule has 5 heteroatoms. The fourth-order valence-corrected chi connectivity index (χ4v) is 2.17. The second-order valence-corrected chi connectivity index (χ2v) is 4.90. The minimum atomic E-state index is -0.735. The van der Waals surface area contributed by atoms with Gasteiger partial charge in [0, 0.05) is 21.2 Å². The Morgan fingerprint density at radius 3 is 2.67 bits per heavy atom. The van der Waals surface area contributed by atoms with Gasteiger partial charge in [0.25, 0.3) is 0 Å². The highest BCUT2D eigenvalue weighted by molar-refractivity contribution is 9.11. The summed E-state index contributed by atoms with van der Waals surface area (Å²) in [6.45, 7) is 2.08. The van der Waals surface area contributed by atoms with Crippen molar-refractivity contribution in [3.05, 3.63) is 26.6 Å². The molecule has 1 rings (SSSR count). The summed E-state index contributed by atoms with van der Waals surface area (Å²) in [6.07, 6.45) is -0.735. The van der Waals surface area contributed by atoms with Crippen LogP contribution in [0.5, 0.6) is 0 Å². The highest BCUT2D eigenvalue weighted by Crippen LogP contribution is 2.31. The lowest BCUT2D eigenvalue weighted by Crippen LogP contribution is -2.23. The molecule has 0 aliphatic heterocycles. The number of anilines is 1. The van der Waals surface area contributed by atoms with Crippen LogP contribution in [0, 0.1) is 6.92 Å². The van der Waals surface area contributed by atoms with Crippen molar-refractivity contribution < 1.29 is 10.2 Å². The maximum atomic E-state index is 9.20. The molecule has 0 radical (unpaired) electrons. The molecule has 0 fully saturated rings. The van der Waals surface area contributed by atoms with Crippen molar-refractivity contribution >= 4 is 37.5 Å². The zero-order valence-electron chi connectivity index (χ0n) is 8.30. The molecule has 1 unspecified atom stereocenters. The first-order valence-electron chi connectivity index (χ1n) is 4.53. The first kappa shape index (κ1) is 13.0. The van der Waals surface area contributed by atoms with Gasteiger partial charge in [0.05, 0.1) is 12.7 Å². The molecule has 0 aromatic heterocycles. The van der Waals surface area contributed by atoms with E-state index in [9.17, 15) is 5.11 Å². The molecule has 0 saturated heterocycles. The van der Waals surface area contributed by atoms with Gasteiger partial charge in [0.2, 0.25) is 0 Å². The standard InChI is InChI=1S/C10H13Br2NO2/c1-6-8(11)2-3-9(10(6)12)13-4-7(15)5-14/h2-3,7,13-15H,4-5H2,1H3. The molecule has 1 aromatic rings. The number of rotatable bonds is 4. The lowest BCUT2D eigenvalue weighted by molar-refractivity contribution is 0.105. The van der Waals surface area contributed by atoms with Gasteiger partial charge in [-0.15, -0.1) is 0 Å². The first-order valence-corrected chi connectivity index (χ1v) is 6.12. The SMILES string of the molecule is Cc1c(Br)ccc(NCC(O)CO)c1Br. The molecule has 0 spiro atoms. The summed E-state index contributed by atoms with van der Waals surface area (Å²) < 4.78 is 1.99. The van der Waals surface area contributed by atoms with E-state index >= 15 is 0 Å². The molecule has 0 amide bonds. The summed E-state index contributed by atoms with van der Waals surface area (Å²) in [5, 5.41) is 20.9. The van der Waals surface area contributed by atoms with Gasteiger partial charge in [-0.05, 0) is 40.5 Å². The number of hydrogen-bond acceptors (Lipinski definition) is 3. The quantitative estimate of drug-likeness (QED) is 0.789. The Hall–Kier alpha value is -0.100. The molecule has 0 bridgehead atoms. The third-order valence-electron chi connectivity index (χ3n) is 2.06. The van der Waals surface area contributed by atoms with E-state index in [1.807, 2.05) is 19.1 Å². The van der Waals surface area contributed by atoms with E-state index in [1.54, 1.807) is 0 Å². The molecule has 0 aliphatic rings. The fraction of sp³-hybridized carbons (Fsp3) is 0.400. The zero-order chi connectivity index (χ0) is 11.4. The molecule has 15 heavy (non-hydrogen) atoms. The summed E-state index contributed by atoms with van der Waals surface area (Å²) in [5.41, 5.74) is 2.00. The van der Waals surface area contributed by atoms with Crippen molar-refractivity contribution in [1.82, 2.24) is 0 Å². The van der Waals surface area contributed by atoms with E-state index in [1.165, 1.54) is 0 Å². The maximum absolute atomic E-state index is 9.20. The molecule has 0 heterocycles. The van der Waals surface area contributed by atoms with E-state index in [-0.39, 0.29) is 6.61 Å². The Morgan fingerprint density at radius 1 is 1.40 bits per heavy atom. The third-order valence-corrected chi connectivity index (χ3v) is 3.94. The van der Waals surface area contributed by atoms with Crippen LogP contribution < -0.4 is 5.32 Å². The topological polar surface area (TPSA) is 52.5 Å². The molecular weight excluding hydrogens is 326 g/mol. The van der Waals surface area contributed by atoms with Crippen molar-refractivity contribution in [2.24, 2.45) is 0 Å². The van der Waals surface area contributed by atoms with Crippen LogP contribution in [0.15, 0.2) is 21.1 Å². The zero-order valence-corrected chi connectivity index (χ0v) is 11.5. The van der Waals surface area contributed by atoms with Crippen LogP contribution in [0.2, 0.25) is 0 Å². The minimum Gasteiger partial charge on any atom is -0.394 e. The van der Waals surface area contributed by atoms with Crippen LogP contribution in [-0.2, 0) is 0 Å². The Morgan fingerprint density at radius 2 is 2.07 bits per heavy atom. The lowest BCUT2D eigenvalue weighted by Gasteiger charge is -2.13. The van der Waals surface area contributed by atoms with E-state index in [2.05, 4.69) is 37.2 Å². The van der Waals surface area contributed by atoms with Crippen LogP contribution in [0.4, 0.5) is 5.69 Å². The normalized spacial score (nSPS) is 12.6. The van der Waals surface area contributed by atoms with Crippen molar-refractivity contribution in [2.75, 3.05) is 18.5 Å². The molecule has 84 valence electrons. The van der Waals surface area contributed by atoms with Crippen molar-refractivity contribution in [2.45, 2.75) is 13.0 Å². The Labute approximate surface area is 106 Å². The first-order chi connectivity index (χ1) is 7.06. The van der Waals surface area contributed by atoms with Crippen molar-refractivity contribution in [3.63, 3.8) is 0 Å². The van der Waals surface area contributed by atoms with Gasteiger partial charge < -0.3 is 15.5 Å². The minimum absolute atomic E-state index is 0.236. The molecule has 1 aromatic carbocycles. The average Bonchev–Trinajstić information content (AvgIpc) is 2.24. The number of aliphatic hydroxyl groups excluding tert-OH is 2. The second-order valence-electron chi connectivity index (χ2n) is 3.25. The highest BCUT2D eigenvalue weighted by Gasteiger charge is 2.07. The van der Waals surface area contributed by atoms with Crippen LogP contribution in [0.3, 0.4) is 0 Å². The maximum Gasteiger partial charge on any atom is 0.0942 e. The summed E-state index contributed by atoms with van der Waals surface area (Å²) >= 11 is 6.89.